The van der Waals surface area contributed by atoms with E-state index in [0.29, 0.717) is 24.0 Å². The Morgan fingerprint density at radius 3 is 2.33 bits per heavy atom. The van der Waals surface area contributed by atoms with Crippen LogP contribution in [0.25, 0.3) is 11.1 Å². The SMILES string of the molecule is COc1cc(F)c(-c2ccc(C(=O)O)c(C)c2)cc1C(=O)N[C@@H]1[C@H]2CC[C@H](C2)[C@@H]1C(=O)Nc1cccc(S(=O)(=O)C(F)(F)F)c1. The van der Waals surface area contributed by atoms with E-state index in [0.717, 1.165) is 30.7 Å². The number of hydrogen-bond acceptors (Lipinski definition) is 6. The Kier molecular flexibility index (Phi) is 8.38. The van der Waals surface area contributed by atoms with Crippen molar-refractivity contribution in [3.63, 3.8) is 0 Å². The largest absolute Gasteiger partial charge is 0.501 e. The van der Waals surface area contributed by atoms with Crippen LogP contribution >= 0.6 is 0 Å². The van der Waals surface area contributed by atoms with Crippen molar-refractivity contribution in [2.45, 2.75) is 42.6 Å². The molecule has 0 unspecified atom stereocenters. The van der Waals surface area contributed by atoms with Gasteiger partial charge in [-0.15, -0.1) is 0 Å². The van der Waals surface area contributed by atoms with Crippen LogP contribution in [0.15, 0.2) is 59.5 Å². The molecule has 0 saturated heterocycles. The van der Waals surface area contributed by atoms with Gasteiger partial charge in [-0.2, -0.15) is 13.2 Å². The number of hydrogen-bond donors (Lipinski definition) is 3. The number of ether oxygens (including phenoxy) is 1. The molecular weight excluding hydrogens is 620 g/mol. The number of alkyl halides is 3. The molecule has 5 rings (SSSR count). The van der Waals surface area contributed by atoms with Crippen molar-refractivity contribution in [1.82, 2.24) is 5.32 Å². The lowest BCUT2D eigenvalue weighted by Gasteiger charge is -2.31. The Balaban J connectivity index is 1.41. The molecule has 2 saturated carbocycles. The molecule has 2 aliphatic rings. The van der Waals surface area contributed by atoms with E-state index in [1.807, 2.05) is 0 Å². The number of carbonyl (C=O) groups is 3. The molecule has 3 aromatic rings. The molecule has 9 nitrogen and oxygen atoms in total. The number of aryl methyl sites for hydroxylation is 1. The van der Waals surface area contributed by atoms with E-state index in [1.165, 1.54) is 37.4 Å². The molecule has 2 aliphatic carbocycles. The van der Waals surface area contributed by atoms with Crippen LogP contribution in [0.5, 0.6) is 5.75 Å². The maximum absolute atomic E-state index is 15.1. The minimum absolute atomic E-state index is 0.0249. The maximum atomic E-state index is 15.1. The van der Waals surface area contributed by atoms with Gasteiger partial charge >= 0.3 is 11.5 Å². The monoisotopic (exact) mass is 648 g/mol. The third-order valence-electron chi connectivity index (χ3n) is 8.54. The van der Waals surface area contributed by atoms with Crippen LogP contribution in [0.2, 0.25) is 0 Å². The second-order valence-electron chi connectivity index (χ2n) is 11.2. The van der Waals surface area contributed by atoms with Gasteiger partial charge < -0.3 is 20.5 Å². The van der Waals surface area contributed by atoms with Crippen molar-refractivity contribution in [1.29, 1.82) is 0 Å². The normalized spacial score (nSPS) is 20.9. The van der Waals surface area contributed by atoms with Gasteiger partial charge in [0.15, 0.2) is 0 Å². The maximum Gasteiger partial charge on any atom is 0.501 e. The second kappa shape index (κ2) is 11.8. The number of nitrogens with one attached hydrogen (secondary N) is 2. The average Bonchev–Trinajstić information content (AvgIpc) is 3.58. The van der Waals surface area contributed by atoms with Crippen LogP contribution in [0, 0.1) is 30.5 Å². The molecule has 0 heterocycles. The smallest absolute Gasteiger partial charge is 0.496 e. The van der Waals surface area contributed by atoms with Crippen LogP contribution in [0.3, 0.4) is 0 Å². The van der Waals surface area contributed by atoms with Crippen LogP contribution in [-0.2, 0) is 14.6 Å². The van der Waals surface area contributed by atoms with E-state index in [1.54, 1.807) is 6.92 Å². The third kappa shape index (κ3) is 5.98. The molecule has 3 N–H and O–H groups in total. The molecule has 0 radical (unpaired) electrons. The first kappa shape index (κ1) is 31.9. The first-order valence-corrected chi connectivity index (χ1v) is 15.4. The van der Waals surface area contributed by atoms with Gasteiger partial charge in [-0.25, -0.2) is 17.6 Å². The van der Waals surface area contributed by atoms with Gasteiger partial charge in [0.2, 0.25) is 5.91 Å². The van der Waals surface area contributed by atoms with E-state index >= 15 is 4.39 Å². The van der Waals surface area contributed by atoms with E-state index in [2.05, 4.69) is 10.6 Å². The number of sulfone groups is 1. The molecule has 14 heteroatoms. The summed E-state index contributed by atoms with van der Waals surface area (Å²) in [5.41, 5.74) is -4.90. The first-order chi connectivity index (χ1) is 21.1. The number of benzene rings is 3. The van der Waals surface area contributed by atoms with Crippen molar-refractivity contribution >= 4 is 33.3 Å². The fraction of sp³-hybridized carbons (Fsp3) is 0.323. The lowest BCUT2D eigenvalue weighted by atomic mass is 9.83. The molecule has 0 aliphatic heterocycles. The van der Waals surface area contributed by atoms with Crippen LogP contribution in [-0.4, -0.2) is 50.0 Å². The molecule has 45 heavy (non-hydrogen) atoms. The predicted molar refractivity (Wildman–Crippen MR) is 154 cm³/mol. The molecule has 2 amide bonds. The van der Waals surface area contributed by atoms with Gasteiger partial charge in [0.1, 0.15) is 11.6 Å². The van der Waals surface area contributed by atoms with Crippen LogP contribution < -0.4 is 15.4 Å². The Labute approximate surface area is 255 Å². The summed E-state index contributed by atoms with van der Waals surface area (Å²) in [4.78, 5) is 37.5. The highest BCUT2D eigenvalue weighted by Crippen LogP contribution is 2.49. The van der Waals surface area contributed by atoms with Gasteiger partial charge in [0, 0.05) is 23.4 Å². The van der Waals surface area contributed by atoms with Gasteiger partial charge in [-0.1, -0.05) is 18.2 Å². The Morgan fingerprint density at radius 1 is 0.978 bits per heavy atom. The number of methoxy groups -OCH3 is 1. The lowest BCUT2D eigenvalue weighted by molar-refractivity contribution is -0.122. The number of anilines is 1. The van der Waals surface area contributed by atoms with Crippen LogP contribution in [0.4, 0.5) is 23.2 Å². The molecule has 0 aromatic heterocycles. The second-order valence-corrected chi connectivity index (χ2v) is 13.1. The van der Waals surface area contributed by atoms with Gasteiger partial charge in [0.25, 0.3) is 15.7 Å². The van der Waals surface area contributed by atoms with Crippen molar-refractivity contribution in [2.75, 3.05) is 12.4 Å². The molecule has 0 spiro atoms. The van der Waals surface area contributed by atoms with Crippen molar-refractivity contribution in [3.05, 3.63) is 77.1 Å². The predicted octanol–water partition coefficient (Wildman–Crippen LogP) is 5.58. The van der Waals surface area contributed by atoms with Gasteiger partial charge in [-0.05, 0) is 79.5 Å². The lowest BCUT2D eigenvalue weighted by Crippen LogP contribution is -2.48. The topological polar surface area (TPSA) is 139 Å². The number of carboxylic acid groups (broad SMARTS) is 1. The van der Waals surface area contributed by atoms with Gasteiger partial charge in [0.05, 0.1) is 29.1 Å². The number of halogens is 4. The summed E-state index contributed by atoms with van der Waals surface area (Å²) in [6.07, 6.45) is 2.03. The summed E-state index contributed by atoms with van der Waals surface area (Å²) >= 11 is 0. The number of rotatable bonds is 8. The third-order valence-corrected chi connectivity index (χ3v) is 10.0. The van der Waals surface area contributed by atoms with E-state index in [4.69, 9.17) is 4.74 Å². The summed E-state index contributed by atoms with van der Waals surface area (Å²) in [5, 5.41) is 14.7. The minimum atomic E-state index is -5.63. The summed E-state index contributed by atoms with van der Waals surface area (Å²) in [6.45, 7) is 1.56. The highest BCUT2D eigenvalue weighted by atomic mass is 32.2. The zero-order chi connectivity index (χ0) is 32.8. The quantitative estimate of drug-likeness (QED) is 0.271. The molecule has 4 atom stereocenters. The number of amides is 2. The summed E-state index contributed by atoms with van der Waals surface area (Å²) < 4.78 is 83.3. The van der Waals surface area contributed by atoms with Gasteiger partial charge in [-0.3, -0.25) is 9.59 Å². The molecular formula is C31H28F4N2O7S. The van der Waals surface area contributed by atoms with Crippen molar-refractivity contribution in [3.8, 4) is 16.9 Å². The number of aromatic carboxylic acids is 1. The molecule has 238 valence electrons. The highest BCUT2D eigenvalue weighted by Gasteiger charge is 2.52. The fourth-order valence-corrected chi connectivity index (χ4v) is 7.21. The average molecular weight is 649 g/mol. The standard InChI is InChI=1S/C31H28F4N2O7S/c1-15-10-16(8-9-21(15)30(40)41)22-13-23(25(44-2)14-24(22)32)28(38)37-27-18-7-6-17(11-18)26(27)29(39)36-19-4-3-5-20(12-19)45(42,43)31(33,34)35/h3-5,8-10,12-14,17-18,26-27H,6-7,11H2,1-2H3,(H,36,39)(H,37,38)(H,40,41)/t17-,18+,26+,27-/m1/s1. The molecule has 2 fully saturated rings. The Morgan fingerprint density at radius 2 is 1.69 bits per heavy atom. The number of carboxylic acids is 1. The Bertz CT molecular complexity index is 1810. The zero-order valence-electron chi connectivity index (χ0n) is 23.9. The summed E-state index contributed by atoms with van der Waals surface area (Å²) in [5.74, 6) is -4.15. The summed E-state index contributed by atoms with van der Waals surface area (Å²) in [7, 11) is -4.37. The van der Waals surface area contributed by atoms with Crippen molar-refractivity contribution in [2.24, 2.45) is 17.8 Å². The van der Waals surface area contributed by atoms with Crippen LogP contribution in [0.1, 0.15) is 45.5 Å². The first-order valence-electron chi connectivity index (χ1n) is 13.9. The van der Waals surface area contributed by atoms with E-state index < -0.39 is 55.8 Å². The zero-order valence-corrected chi connectivity index (χ0v) is 24.8. The van der Waals surface area contributed by atoms with E-state index in [-0.39, 0.29) is 40.0 Å². The van der Waals surface area contributed by atoms with Crippen molar-refractivity contribution < 1.29 is 50.2 Å². The number of fused-ring (bicyclic) bond motifs is 2. The Hall–Kier alpha value is -4.46. The summed E-state index contributed by atoms with van der Waals surface area (Å²) in [6, 6.07) is 9.77. The highest BCUT2D eigenvalue weighted by molar-refractivity contribution is 7.92. The molecule has 2 bridgehead atoms. The fourth-order valence-electron chi connectivity index (χ4n) is 6.40. The van der Waals surface area contributed by atoms with E-state index in [9.17, 15) is 41.1 Å². The molecule has 3 aromatic carbocycles. The minimum Gasteiger partial charge on any atom is -0.496 e. The number of carbonyl (C=O) groups excluding carboxylic acids is 2.